The molecule has 0 radical (unpaired) electrons. The Morgan fingerprint density at radius 3 is 2.70 bits per heavy atom. The molecule has 1 saturated heterocycles. The maximum atomic E-state index is 11.2. The van der Waals surface area contributed by atoms with Crippen molar-refractivity contribution in [2.75, 3.05) is 18.4 Å². The first kappa shape index (κ1) is 26.9. The number of anilines is 2. The summed E-state index contributed by atoms with van der Waals surface area (Å²) in [6.45, 7) is 5.58. The Kier molecular flexibility index (Phi) is 8.38. The lowest BCUT2D eigenvalue weighted by Gasteiger charge is -2.51. The zero-order valence-electron chi connectivity index (χ0n) is 20.5. The van der Waals surface area contributed by atoms with Crippen molar-refractivity contribution in [2.45, 2.75) is 39.3 Å². The number of aromatic nitrogens is 3. The first-order valence-electron chi connectivity index (χ1n) is 11.8. The van der Waals surface area contributed by atoms with Crippen LogP contribution >= 0.6 is 36.0 Å². The molecule has 2 unspecified atom stereocenters. The number of hydrogen-bond donors (Lipinski definition) is 4. The minimum absolute atomic E-state index is 0.109. The van der Waals surface area contributed by atoms with Crippen molar-refractivity contribution in [1.82, 2.24) is 19.4 Å². The molecular weight excluding hydrogens is 532 g/mol. The number of aliphatic carboxylic acids is 1. The van der Waals surface area contributed by atoms with E-state index in [2.05, 4.69) is 25.3 Å². The van der Waals surface area contributed by atoms with Crippen molar-refractivity contribution in [1.29, 1.82) is 0 Å². The summed E-state index contributed by atoms with van der Waals surface area (Å²) in [6.07, 6.45) is 2.78. The van der Waals surface area contributed by atoms with Gasteiger partial charge in [0.15, 0.2) is 11.2 Å². The van der Waals surface area contributed by atoms with E-state index in [1.165, 1.54) is 6.40 Å². The number of ether oxygens (including phenoxy) is 1. The summed E-state index contributed by atoms with van der Waals surface area (Å²) >= 11 is 16.5. The molecule has 1 fully saturated rings. The molecule has 0 bridgehead atoms. The molecule has 0 amide bonds. The Hall–Kier alpha value is -3.12. The number of nitrogens with zero attached hydrogens (tertiary/aromatic N) is 3. The van der Waals surface area contributed by atoms with Gasteiger partial charge >= 0.3 is 5.97 Å². The molecule has 0 spiro atoms. The van der Waals surface area contributed by atoms with E-state index < -0.39 is 5.97 Å². The molecule has 0 aliphatic carbocycles. The second-order valence-corrected chi connectivity index (χ2v) is 10.2. The molecule has 1 aromatic heterocycles. The first-order chi connectivity index (χ1) is 17.7. The molecule has 0 saturated carbocycles. The number of carboxylic acids is 1. The summed E-state index contributed by atoms with van der Waals surface area (Å²) in [7, 11) is 0. The highest BCUT2D eigenvalue weighted by Crippen LogP contribution is 2.42. The summed E-state index contributed by atoms with van der Waals surface area (Å²) in [5.74, 6) is -0.372. The average molecular weight is 560 g/mol. The standard InChI is InChI=1S/C25H27ClN6O3S2/c1-15-11-17(26)12-16(2)22(15)32(9-4-7-21(33)34)10-8-20(32)35-14-27-18-5-3-6-19(13-18)28-23-29-24(36)31-25(37)30-23/h3,5-6,11-14,20H,4,7-10H2,1-2H3,(H3-,28,29,30,31,33,34,36,37)/p+1. The van der Waals surface area contributed by atoms with Gasteiger partial charge in [-0.2, -0.15) is 4.98 Å². The Bertz CT molecular complexity index is 1410. The fourth-order valence-electron chi connectivity index (χ4n) is 4.89. The van der Waals surface area contributed by atoms with Gasteiger partial charge in [0.1, 0.15) is 5.69 Å². The van der Waals surface area contributed by atoms with Crippen LogP contribution in [0, 0.1) is 23.4 Å². The fourth-order valence-corrected chi connectivity index (χ4v) is 5.67. The van der Waals surface area contributed by atoms with Gasteiger partial charge in [0.25, 0.3) is 0 Å². The van der Waals surface area contributed by atoms with Crippen molar-refractivity contribution in [2.24, 2.45) is 4.99 Å². The first-order valence-corrected chi connectivity index (χ1v) is 13.0. The second-order valence-electron chi connectivity index (χ2n) is 9.00. The van der Waals surface area contributed by atoms with Crippen LogP contribution < -0.4 is 9.80 Å². The lowest BCUT2D eigenvalue weighted by Crippen LogP contribution is -2.68. The zero-order chi connectivity index (χ0) is 26.6. The zero-order valence-corrected chi connectivity index (χ0v) is 22.8. The van der Waals surface area contributed by atoms with Gasteiger partial charge in [-0.3, -0.25) is 9.28 Å². The molecule has 2 heterocycles. The Morgan fingerprint density at radius 2 is 2.05 bits per heavy atom. The maximum absolute atomic E-state index is 11.2. The molecule has 2 atom stereocenters. The lowest BCUT2D eigenvalue weighted by molar-refractivity contribution is -0.137. The van der Waals surface area contributed by atoms with Crippen LogP contribution in [0.5, 0.6) is 0 Å². The van der Waals surface area contributed by atoms with Crippen molar-refractivity contribution < 1.29 is 14.6 Å². The number of aliphatic imine (C=N–C) groups is 1. The molecular formula is C25H28ClN6O3S2+. The average Bonchev–Trinajstić information content (AvgIpc) is 2.79. The number of benzene rings is 2. The van der Waals surface area contributed by atoms with Crippen LogP contribution in [-0.4, -0.2) is 51.7 Å². The Labute approximate surface area is 229 Å². The third-order valence-electron chi connectivity index (χ3n) is 6.37. The van der Waals surface area contributed by atoms with Crippen molar-refractivity contribution in [3.8, 4) is 0 Å². The van der Waals surface area contributed by atoms with Gasteiger partial charge in [-0.25, -0.2) is 4.99 Å². The monoisotopic (exact) mass is 559 g/mol. The van der Waals surface area contributed by atoms with Crippen molar-refractivity contribution >= 4 is 71.4 Å². The van der Waals surface area contributed by atoms with Crippen LogP contribution in [0.25, 0.3) is 0 Å². The van der Waals surface area contributed by atoms with Gasteiger partial charge < -0.3 is 25.1 Å². The van der Waals surface area contributed by atoms with Crippen LogP contribution in [0.4, 0.5) is 23.0 Å². The van der Waals surface area contributed by atoms with E-state index in [0.717, 1.165) is 35.5 Å². The Balaban J connectivity index is 1.52. The number of aromatic amines is 2. The predicted octanol–water partition coefficient (Wildman–Crippen LogP) is 6.49. The smallest absolute Gasteiger partial charge is 0.303 e. The van der Waals surface area contributed by atoms with E-state index in [1.54, 1.807) is 0 Å². The SMILES string of the molecule is Cc1cc(Cl)cc(C)c1[N+]1(CCCC(=O)O)CCC1OC=Nc1cccc(Nc2nc(=S)[nH]c(=S)[nH]2)c1. The maximum Gasteiger partial charge on any atom is 0.303 e. The van der Waals surface area contributed by atoms with Gasteiger partial charge in [-0.05, 0) is 68.6 Å². The highest BCUT2D eigenvalue weighted by molar-refractivity contribution is 7.71. The van der Waals surface area contributed by atoms with Crippen LogP contribution in [0.15, 0.2) is 41.4 Å². The van der Waals surface area contributed by atoms with Crippen molar-refractivity contribution in [3.05, 3.63) is 62.1 Å². The fraction of sp³-hybridized carbons (Fsp3) is 0.320. The number of H-pyrrole nitrogens is 2. The number of rotatable bonds is 10. The van der Waals surface area contributed by atoms with Gasteiger partial charge in [0.2, 0.25) is 16.9 Å². The summed E-state index contributed by atoms with van der Waals surface area (Å²) in [5, 5.41) is 13.0. The topological polar surface area (TPSA) is 115 Å². The number of carbonyl (C=O) groups is 1. The number of likely N-dealkylation sites (tertiary alicyclic amines) is 1. The molecule has 1 aliphatic heterocycles. The van der Waals surface area contributed by atoms with E-state index >= 15 is 0 Å². The number of quaternary nitrogens is 1. The third-order valence-corrected chi connectivity index (χ3v) is 6.99. The van der Waals surface area contributed by atoms with E-state index in [-0.39, 0.29) is 17.4 Å². The van der Waals surface area contributed by atoms with E-state index in [4.69, 9.17) is 40.8 Å². The van der Waals surface area contributed by atoms with Gasteiger partial charge in [0.05, 0.1) is 31.6 Å². The van der Waals surface area contributed by atoms with Gasteiger partial charge in [-0.1, -0.05) is 17.7 Å². The van der Waals surface area contributed by atoms with Crippen LogP contribution in [0.3, 0.4) is 0 Å². The summed E-state index contributed by atoms with van der Waals surface area (Å²) < 4.78 is 7.38. The lowest BCUT2D eigenvalue weighted by atomic mass is 9.97. The number of aryl methyl sites for hydroxylation is 2. The molecule has 12 heteroatoms. The van der Waals surface area contributed by atoms with Crippen LogP contribution in [0.2, 0.25) is 5.02 Å². The summed E-state index contributed by atoms with van der Waals surface area (Å²) in [5.41, 5.74) is 4.71. The highest BCUT2D eigenvalue weighted by atomic mass is 35.5. The van der Waals surface area contributed by atoms with Crippen LogP contribution in [-0.2, 0) is 9.53 Å². The van der Waals surface area contributed by atoms with E-state index in [1.807, 2.05) is 50.2 Å². The highest BCUT2D eigenvalue weighted by Gasteiger charge is 2.51. The van der Waals surface area contributed by atoms with Gasteiger partial charge in [0, 0.05) is 28.3 Å². The number of halogens is 1. The quantitative estimate of drug-likeness (QED) is 0.0971. The molecule has 4 rings (SSSR count). The number of carboxylic acid groups (broad SMARTS) is 1. The molecule has 3 aromatic rings. The van der Waals surface area contributed by atoms with E-state index in [0.29, 0.717) is 38.9 Å². The molecule has 37 heavy (non-hydrogen) atoms. The molecule has 2 aromatic carbocycles. The largest absolute Gasteiger partial charge is 0.481 e. The van der Waals surface area contributed by atoms with Crippen LogP contribution in [0.1, 0.15) is 30.4 Å². The molecule has 4 N–H and O–H groups in total. The predicted molar refractivity (Wildman–Crippen MR) is 151 cm³/mol. The third kappa shape index (κ3) is 6.42. The minimum Gasteiger partial charge on any atom is -0.481 e. The van der Waals surface area contributed by atoms with Crippen molar-refractivity contribution in [3.63, 3.8) is 0 Å². The second kappa shape index (κ2) is 11.5. The molecule has 1 aliphatic rings. The van der Waals surface area contributed by atoms with E-state index in [9.17, 15) is 9.90 Å². The molecule has 9 nitrogen and oxygen atoms in total. The minimum atomic E-state index is -0.801. The summed E-state index contributed by atoms with van der Waals surface area (Å²) in [4.78, 5) is 25.5. The van der Waals surface area contributed by atoms with Gasteiger partial charge in [-0.15, -0.1) is 0 Å². The number of hydrogen-bond acceptors (Lipinski definition) is 7. The molecule has 194 valence electrons. The normalized spacial score (nSPS) is 18.9. The summed E-state index contributed by atoms with van der Waals surface area (Å²) in [6, 6.07) is 11.3. The number of nitrogens with one attached hydrogen (secondary N) is 3. The Morgan fingerprint density at radius 1 is 1.30 bits per heavy atom.